The zero-order valence-electron chi connectivity index (χ0n) is 19.7. The van der Waals surface area contributed by atoms with Crippen LogP contribution in [0, 0.1) is 5.82 Å². The average molecular weight is 493 g/mol. The van der Waals surface area contributed by atoms with Crippen LogP contribution in [-0.2, 0) is 13.0 Å². The maximum absolute atomic E-state index is 14.2. The number of primary amides is 1. The molecule has 10 heteroatoms. The first kappa shape index (κ1) is 23.6. The minimum absolute atomic E-state index is 0.219. The summed E-state index contributed by atoms with van der Waals surface area (Å²) in [5.74, 6) is -0.177. The monoisotopic (exact) mass is 492 g/mol. The molecule has 1 aliphatic heterocycles. The van der Waals surface area contributed by atoms with Gasteiger partial charge in [-0.2, -0.15) is 0 Å². The number of ether oxygens (including phenoxy) is 1. The van der Waals surface area contributed by atoms with Crippen LogP contribution in [0.1, 0.15) is 21.5 Å². The largest absolute Gasteiger partial charge is 0.495 e. The van der Waals surface area contributed by atoms with Gasteiger partial charge >= 0.3 is 0 Å². The number of pyridine rings is 1. The first-order valence-corrected chi connectivity index (χ1v) is 11.5. The van der Waals surface area contributed by atoms with Gasteiger partial charge in [0.05, 0.1) is 47.6 Å². The molecule has 0 saturated heterocycles. The van der Waals surface area contributed by atoms with Crippen molar-refractivity contribution in [1.29, 1.82) is 0 Å². The molecule has 0 atom stereocenters. The molecule has 0 fully saturated rings. The summed E-state index contributed by atoms with van der Waals surface area (Å²) in [5.41, 5.74) is 9.82. The Kier molecular flexibility index (Phi) is 6.43. The van der Waals surface area contributed by atoms with E-state index in [9.17, 15) is 13.6 Å². The number of fused-ring (bicyclic) bond motifs is 2. The molecule has 3 heterocycles. The highest BCUT2D eigenvalue weighted by Gasteiger charge is 2.20. The van der Waals surface area contributed by atoms with Crippen LogP contribution < -0.4 is 21.1 Å². The number of anilines is 4. The minimum atomic E-state index is -0.864. The molecule has 0 unspecified atom stereocenters. The Balaban J connectivity index is 1.46. The third kappa shape index (κ3) is 4.55. The summed E-state index contributed by atoms with van der Waals surface area (Å²) in [7, 11) is 1.62. The summed E-state index contributed by atoms with van der Waals surface area (Å²) in [6.07, 6.45) is 4.10. The number of benzene rings is 2. The van der Waals surface area contributed by atoms with Crippen molar-refractivity contribution in [1.82, 2.24) is 14.9 Å². The lowest BCUT2D eigenvalue weighted by Crippen LogP contribution is -2.32. The second-order valence-corrected chi connectivity index (χ2v) is 8.64. The number of methoxy groups -OCH3 is 1. The molecule has 2 aromatic carbocycles. The predicted molar refractivity (Wildman–Crippen MR) is 136 cm³/mol. The zero-order chi connectivity index (χ0) is 25.2. The topological polar surface area (TPSA) is 108 Å². The van der Waals surface area contributed by atoms with E-state index in [1.165, 1.54) is 17.7 Å². The molecular formula is C26H26F2N6O2. The van der Waals surface area contributed by atoms with Gasteiger partial charge in [0.25, 0.3) is 5.91 Å². The van der Waals surface area contributed by atoms with Crippen molar-refractivity contribution in [3.8, 4) is 5.75 Å². The van der Waals surface area contributed by atoms with Crippen LogP contribution in [0.2, 0.25) is 0 Å². The van der Waals surface area contributed by atoms with Crippen molar-refractivity contribution in [2.45, 2.75) is 13.0 Å². The molecule has 0 radical (unpaired) electrons. The smallest absolute Gasteiger partial charge is 0.253 e. The molecule has 1 aliphatic rings. The van der Waals surface area contributed by atoms with Gasteiger partial charge in [0, 0.05) is 25.0 Å². The Morgan fingerprint density at radius 3 is 2.81 bits per heavy atom. The number of H-pyrrole nitrogens is 1. The molecule has 8 nitrogen and oxygen atoms in total. The van der Waals surface area contributed by atoms with E-state index in [4.69, 9.17) is 10.5 Å². The molecule has 0 bridgehead atoms. The van der Waals surface area contributed by atoms with Crippen molar-refractivity contribution in [3.05, 3.63) is 71.3 Å². The standard InChI is InChI=1S/C26H26F2N6O2/c1-36-23-10-15-5-7-34(8-6-27)14-16(15)9-20(23)32-24-11-17-21(12-30-13-22(17)33-24)31-19-4-2-3-18(28)25(19)26(29)35/h2-4,9-13,31-33H,5-8,14H2,1H3,(H2,29,35). The average Bonchev–Trinajstić information content (AvgIpc) is 3.27. The quantitative estimate of drug-likeness (QED) is 0.286. The number of nitrogens with one attached hydrogen (secondary N) is 3. The van der Waals surface area contributed by atoms with Gasteiger partial charge in [-0.15, -0.1) is 0 Å². The number of carbonyl (C=O) groups is 1. The molecule has 2 aromatic heterocycles. The van der Waals surface area contributed by atoms with Crippen molar-refractivity contribution in [2.75, 3.05) is 37.5 Å². The van der Waals surface area contributed by atoms with Crippen molar-refractivity contribution in [3.63, 3.8) is 0 Å². The lowest BCUT2D eigenvalue weighted by atomic mass is 9.98. The molecule has 0 aliphatic carbocycles. The molecule has 1 amide bonds. The third-order valence-electron chi connectivity index (χ3n) is 6.36. The number of nitrogens with two attached hydrogens (primary N) is 1. The van der Waals surface area contributed by atoms with Gasteiger partial charge in [-0.05, 0) is 47.9 Å². The first-order chi connectivity index (χ1) is 17.5. The third-order valence-corrected chi connectivity index (χ3v) is 6.36. The predicted octanol–water partition coefficient (Wildman–Crippen LogP) is 4.62. The summed E-state index contributed by atoms with van der Waals surface area (Å²) >= 11 is 0. The highest BCUT2D eigenvalue weighted by molar-refractivity contribution is 6.02. The number of hydrogen-bond donors (Lipinski definition) is 4. The fraction of sp³-hybridized carbons (Fsp3) is 0.231. The summed E-state index contributed by atoms with van der Waals surface area (Å²) < 4.78 is 32.7. The Hall–Kier alpha value is -4.18. The first-order valence-electron chi connectivity index (χ1n) is 11.5. The second kappa shape index (κ2) is 9.82. The van der Waals surface area contributed by atoms with Crippen LogP contribution in [-0.4, -0.2) is 47.6 Å². The van der Waals surface area contributed by atoms with E-state index in [1.807, 2.05) is 18.2 Å². The van der Waals surface area contributed by atoms with Gasteiger partial charge in [-0.3, -0.25) is 14.7 Å². The van der Waals surface area contributed by atoms with Crippen molar-refractivity contribution in [2.24, 2.45) is 5.73 Å². The van der Waals surface area contributed by atoms with E-state index >= 15 is 0 Å². The summed E-state index contributed by atoms with van der Waals surface area (Å²) in [4.78, 5) is 21.4. The normalized spacial score (nSPS) is 13.4. The Labute approximate surface area is 206 Å². The highest BCUT2D eigenvalue weighted by atomic mass is 19.1. The van der Waals surface area contributed by atoms with Crippen LogP contribution >= 0.6 is 0 Å². The van der Waals surface area contributed by atoms with Crippen molar-refractivity contribution < 1.29 is 18.3 Å². The molecule has 186 valence electrons. The molecule has 5 rings (SSSR count). The van der Waals surface area contributed by atoms with Crippen LogP contribution in [0.15, 0.2) is 48.8 Å². The van der Waals surface area contributed by atoms with E-state index in [1.54, 1.807) is 25.6 Å². The number of carbonyl (C=O) groups excluding carboxylic acids is 1. The van der Waals surface area contributed by atoms with Crippen molar-refractivity contribution >= 4 is 39.7 Å². The number of amides is 1. The fourth-order valence-corrected chi connectivity index (χ4v) is 4.61. The van der Waals surface area contributed by atoms with Gasteiger partial charge in [-0.25, -0.2) is 8.78 Å². The Morgan fingerprint density at radius 1 is 1.17 bits per heavy atom. The van der Waals surface area contributed by atoms with E-state index in [2.05, 4.69) is 25.5 Å². The summed E-state index contributed by atoms with van der Waals surface area (Å²) in [6.45, 7) is 1.55. The number of nitrogens with zero attached hydrogens (tertiary/aromatic N) is 2. The maximum Gasteiger partial charge on any atom is 0.253 e. The van der Waals surface area contributed by atoms with Gasteiger partial charge in [0.15, 0.2) is 0 Å². The number of halogens is 2. The Bertz CT molecular complexity index is 1440. The zero-order valence-corrected chi connectivity index (χ0v) is 19.7. The molecule has 4 aromatic rings. The van der Waals surface area contributed by atoms with E-state index in [-0.39, 0.29) is 17.9 Å². The van der Waals surface area contributed by atoms with Gasteiger partial charge in [0.1, 0.15) is 24.1 Å². The van der Waals surface area contributed by atoms with Crippen LogP contribution in [0.4, 0.5) is 31.7 Å². The number of aromatic nitrogens is 2. The van der Waals surface area contributed by atoms with Crippen LogP contribution in [0.3, 0.4) is 0 Å². The molecule has 0 saturated carbocycles. The number of rotatable bonds is 8. The molecular weight excluding hydrogens is 466 g/mol. The lowest BCUT2D eigenvalue weighted by molar-refractivity contribution is 0.0997. The fourth-order valence-electron chi connectivity index (χ4n) is 4.61. The van der Waals surface area contributed by atoms with E-state index in [0.717, 1.165) is 35.1 Å². The van der Waals surface area contributed by atoms with Crippen LogP contribution in [0.25, 0.3) is 10.9 Å². The summed E-state index contributed by atoms with van der Waals surface area (Å²) in [5, 5.41) is 7.24. The number of hydrogen-bond acceptors (Lipinski definition) is 6. The molecule has 0 spiro atoms. The Morgan fingerprint density at radius 2 is 2.03 bits per heavy atom. The number of aromatic amines is 1. The second-order valence-electron chi connectivity index (χ2n) is 8.64. The molecule has 5 N–H and O–H groups in total. The minimum Gasteiger partial charge on any atom is -0.495 e. The summed E-state index contributed by atoms with van der Waals surface area (Å²) in [6, 6.07) is 10.2. The van der Waals surface area contributed by atoms with E-state index in [0.29, 0.717) is 30.3 Å². The highest BCUT2D eigenvalue weighted by Crippen LogP contribution is 2.35. The SMILES string of the molecule is COc1cc2c(cc1Nc1cc3c(Nc4cccc(F)c4C(N)=O)cncc3[nH]1)CN(CCF)CC2. The van der Waals surface area contributed by atoms with Gasteiger partial charge < -0.3 is 26.1 Å². The van der Waals surface area contributed by atoms with Gasteiger partial charge in [-0.1, -0.05) is 6.07 Å². The number of alkyl halides is 1. The molecule has 36 heavy (non-hydrogen) atoms. The maximum atomic E-state index is 14.2. The van der Waals surface area contributed by atoms with E-state index < -0.39 is 11.7 Å². The van der Waals surface area contributed by atoms with Crippen LogP contribution in [0.5, 0.6) is 5.75 Å². The lowest BCUT2D eigenvalue weighted by Gasteiger charge is -2.29. The van der Waals surface area contributed by atoms with Gasteiger partial charge in [0.2, 0.25) is 0 Å².